The number of cyclic esters (lactones) is 1. The Morgan fingerprint density at radius 1 is 1.30 bits per heavy atom. The lowest BCUT2D eigenvalue weighted by molar-refractivity contribution is -0.301. The van der Waals surface area contributed by atoms with E-state index >= 15 is 0 Å². The van der Waals surface area contributed by atoms with E-state index in [-0.39, 0.29) is 42.1 Å². The van der Waals surface area contributed by atoms with E-state index in [2.05, 4.69) is 11.8 Å². The third kappa shape index (κ3) is 7.18. The van der Waals surface area contributed by atoms with Gasteiger partial charge in [-0.15, -0.1) is 11.6 Å². The average molecular weight is 479 g/mol. The molecule has 0 radical (unpaired) electrons. The third-order valence-corrected chi connectivity index (χ3v) is 7.07. The minimum atomic E-state index is -1.79. The fourth-order valence-corrected chi connectivity index (χ4v) is 4.73. The number of rotatable bonds is 3. The van der Waals surface area contributed by atoms with Crippen molar-refractivity contribution >= 4 is 17.6 Å². The van der Waals surface area contributed by atoms with Gasteiger partial charge in [-0.3, -0.25) is 4.79 Å². The van der Waals surface area contributed by atoms with E-state index in [9.17, 15) is 15.0 Å². The van der Waals surface area contributed by atoms with Gasteiger partial charge in [-0.05, 0) is 25.5 Å². The van der Waals surface area contributed by atoms with E-state index in [1.165, 1.54) is 0 Å². The fourth-order valence-electron chi connectivity index (χ4n) is 4.47. The molecule has 1 aliphatic carbocycles. The van der Waals surface area contributed by atoms with E-state index in [4.69, 9.17) is 25.8 Å². The number of aliphatic hydroxyl groups is 2. The number of ether oxygens (including phenoxy) is 3. The van der Waals surface area contributed by atoms with E-state index in [0.29, 0.717) is 6.42 Å². The van der Waals surface area contributed by atoms with Gasteiger partial charge in [0.05, 0.1) is 24.7 Å². The van der Waals surface area contributed by atoms with E-state index in [1.54, 1.807) is 31.4 Å². The summed E-state index contributed by atoms with van der Waals surface area (Å²) in [5.41, 5.74) is 1.00. The number of allylic oxidation sites excluding steroid dienone is 3. The zero-order valence-electron chi connectivity index (χ0n) is 19.7. The molecule has 2 heterocycles. The molecule has 0 aromatic heterocycles. The van der Waals surface area contributed by atoms with Crippen LogP contribution in [0.3, 0.4) is 0 Å². The normalized spacial score (nSPS) is 43.6. The minimum Gasteiger partial charge on any atom is -0.458 e. The predicted octanol–water partition coefficient (Wildman–Crippen LogP) is 3.51. The maximum absolute atomic E-state index is 12.7. The number of carbonyl (C=O) groups is 1. The van der Waals surface area contributed by atoms with Crippen LogP contribution in [0, 0.1) is 29.6 Å². The van der Waals surface area contributed by atoms with Gasteiger partial charge in [-0.25, -0.2) is 0 Å². The third-order valence-electron chi connectivity index (χ3n) is 6.59. The van der Waals surface area contributed by atoms with Gasteiger partial charge in [0.15, 0.2) is 5.79 Å². The first-order chi connectivity index (χ1) is 15.6. The Morgan fingerprint density at radius 3 is 2.70 bits per heavy atom. The summed E-state index contributed by atoms with van der Waals surface area (Å²) in [6, 6.07) is 0. The summed E-state index contributed by atoms with van der Waals surface area (Å²) in [6.07, 6.45) is 8.04. The number of aliphatic hydroxyl groups excluding tert-OH is 1. The lowest BCUT2D eigenvalue weighted by Gasteiger charge is -2.46. The molecule has 33 heavy (non-hydrogen) atoms. The molecular formula is C26H35ClO6. The van der Waals surface area contributed by atoms with Gasteiger partial charge in [0.25, 0.3) is 0 Å². The first-order valence-electron chi connectivity index (χ1n) is 11.6. The second-order valence-corrected chi connectivity index (χ2v) is 10.1. The predicted molar refractivity (Wildman–Crippen MR) is 126 cm³/mol. The number of methoxy groups -OCH3 is 1. The molecule has 0 aromatic carbocycles. The van der Waals surface area contributed by atoms with Crippen molar-refractivity contribution in [2.45, 2.75) is 82.0 Å². The van der Waals surface area contributed by atoms with Crippen molar-refractivity contribution in [3.8, 4) is 11.8 Å². The van der Waals surface area contributed by atoms with Crippen LogP contribution >= 0.6 is 11.6 Å². The Morgan fingerprint density at radius 2 is 2.03 bits per heavy atom. The fraction of sp³-hybridized carbons (Fsp3) is 0.654. The maximum atomic E-state index is 12.7. The first-order valence-corrected chi connectivity index (χ1v) is 12.0. The number of esters is 1. The Kier molecular flexibility index (Phi) is 8.82. The van der Waals surface area contributed by atoms with Gasteiger partial charge in [0.2, 0.25) is 0 Å². The SMILES string of the molecule is CO[C@@H]1/C=C(\C)C[C@H](/C=C/C=C/C#C[C@@H]2C[C@H]2Cl)OC(=O)C[C@]2(O)C[C@H](O)[C@@H](C)[C@H](O2)[C@@H]1C. The molecule has 2 aliphatic heterocycles. The molecule has 0 spiro atoms. The number of alkyl halides is 1. The van der Waals surface area contributed by atoms with Gasteiger partial charge in [0.1, 0.15) is 6.10 Å². The zero-order valence-corrected chi connectivity index (χ0v) is 20.5. The number of fused-ring (bicyclic) bond motifs is 2. The average Bonchev–Trinajstić information content (AvgIpc) is 3.44. The Labute approximate surface area is 201 Å². The molecular weight excluding hydrogens is 444 g/mol. The standard InChI is InChI=1S/C26H35ClO6/c1-16-11-20(10-8-6-5-7-9-19-13-21(19)27)32-24(29)15-26(30)14-22(28)17(2)25(33-26)18(3)23(12-16)31-4/h5-6,8,10,12,17-23,25,28,30H,11,13-15H2,1-4H3/b6-5+,10-8+,16-12+/t17-,18-,19-,20+,21-,22+,23-,25+,26+/m1/s1. The van der Waals surface area contributed by atoms with Crippen LogP contribution in [0.15, 0.2) is 36.0 Å². The molecule has 1 saturated carbocycles. The molecule has 0 aromatic rings. The lowest BCUT2D eigenvalue weighted by Crippen LogP contribution is -2.55. The molecule has 9 atom stereocenters. The molecule has 0 unspecified atom stereocenters. The van der Waals surface area contributed by atoms with Gasteiger partial charge in [0, 0.05) is 43.1 Å². The molecule has 6 nitrogen and oxygen atoms in total. The monoisotopic (exact) mass is 478 g/mol. The molecule has 7 heteroatoms. The van der Waals surface area contributed by atoms with Gasteiger partial charge >= 0.3 is 5.97 Å². The summed E-state index contributed by atoms with van der Waals surface area (Å²) >= 11 is 5.94. The summed E-state index contributed by atoms with van der Waals surface area (Å²) in [5.74, 6) is 3.60. The highest BCUT2D eigenvalue weighted by atomic mass is 35.5. The summed E-state index contributed by atoms with van der Waals surface area (Å²) in [4.78, 5) is 12.7. The van der Waals surface area contributed by atoms with Gasteiger partial charge < -0.3 is 24.4 Å². The molecule has 2 N–H and O–H groups in total. The second kappa shape index (κ2) is 11.2. The van der Waals surface area contributed by atoms with Crippen LogP contribution in [-0.4, -0.2) is 58.9 Å². The smallest absolute Gasteiger partial charge is 0.311 e. The van der Waals surface area contributed by atoms with Crippen LogP contribution in [-0.2, 0) is 19.0 Å². The molecule has 2 fully saturated rings. The summed E-state index contributed by atoms with van der Waals surface area (Å²) in [6.45, 7) is 5.82. The highest BCUT2D eigenvalue weighted by Crippen LogP contribution is 2.39. The van der Waals surface area contributed by atoms with Gasteiger partial charge in [-0.1, -0.05) is 49.5 Å². The van der Waals surface area contributed by atoms with Crippen LogP contribution in [0.5, 0.6) is 0 Å². The van der Waals surface area contributed by atoms with Crippen molar-refractivity contribution < 1.29 is 29.2 Å². The summed E-state index contributed by atoms with van der Waals surface area (Å²) in [5, 5.41) is 21.8. The molecule has 0 amide bonds. The molecule has 3 aliphatic rings. The number of hydrogen-bond acceptors (Lipinski definition) is 6. The van der Waals surface area contributed by atoms with Crippen LogP contribution in [0.2, 0.25) is 0 Å². The van der Waals surface area contributed by atoms with Crippen molar-refractivity contribution in [1.82, 2.24) is 0 Å². The quantitative estimate of drug-likeness (QED) is 0.212. The second-order valence-electron chi connectivity index (χ2n) is 9.53. The van der Waals surface area contributed by atoms with Gasteiger partial charge in [-0.2, -0.15) is 0 Å². The highest BCUT2D eigenvalue weighted by Gasteiger charge is 2.48. The Hall–Kier alpha value is -1.62. The van der Waals surface area contributed by atoms with Crippen LogP contribution in [0.4, 0.5) is 0 Å². The van der Waals surface area contributed by atoms with Crippen molar-refractivity contribution in [3.05, 3.63) is 36.0 Å². The topological polar surface area (TPSA) is 85.2 Å². The van der Waals surface area contributed by atoms with Crippen LogP contribution in [0.25, 0.3) is 0 Å². The van der Waals surface area contributed by atoms with Crippen LogP contribution < -0.4 is 0 Å². The number of hydrogen-bond donors (Lipinski definition) is 2. The van der Waals surface area contributed by atoms with E-state index in [1.807, 2.05) is 26.8 Å². The summed E-state index contributed by atoms with van der Waals surface area (Å²) in [7, 11) is 1.63. The number of carbonyl (C=O) groups excluding carboxylic acids is 1. The molecule has 2 bridgehead atoms. The number of halogens is 1. The Balaban J connectivity index is 1.79. The summed E-state index contributed by atoms with van der Waals surface area (Å²) < 4.78 is 17.4. The van der Waals surface area contributed by atoms with Crippen LogP contribution in [0.1, 0.15) is 46.5 Å². The van der Waals surface area contributed by atoms with Crippen molar-refractivity contribution in [1.29, 1.82) is 0 Å². The first kappa shape index (κ1) is 26.0. The maximum Gasteiger partial charge on any atom is 0.311 e. The largest absolute Gasteiger partial charge is 0.458 e. The van der Waals surface area contributed by atoms with Crippen molar-refractivity contribution in [2.75, 3.05) is 7.11 Å². The zero-order chi connectivity index (χ0) is 24.2. The molecule has 1 saturated heterocycles. The lowest BCUT2D eigenvalue weighted by atomic mass is 9.80. The van der Waals surface area contributed by atoms with E-state index < -0.39 is 30.1 Å². The molecule has 3 rings (SSSR count). The van der Waals surface area contributed by atoms with E-state index in [0.717, 1.165) is 12.0 Å². The van der Waals surface area contributed by atoms with Crippen molar-refractivity contribution in [3.63, 3.8) is 0 Å². The Bertz CT molecular complexity index is 855. The highest BCUT2D eigenvalue weighted by molar-refractivity contribution is 6.22. The minimum absolute atomic E-state index is 0.0505. The molecule has 182 valence electrons. The van der Waals surface area contributed by atoms with Crippen molar-refractivity contribution in [2.24, 2.45) is 17.8 Å².